The van der Waals surface area contributed by atoms with Crippen LogP contribution in [0.25, 0.3) is 10.1 Å². The maximum absolute atomic E-state index is 6.10. The van der Waals surface area contributed by atoms with Crippen molar-refractivity contribution in [2.45, 2.75) is 17.4 Å². The third-order valence-corrected chi connectivity index (χ3v) is 5.87. The second-order valence-corrected chi connectivity index (χ2v) is 6.95. The molecular weight excluding hydrogens is 332 g/mol. The van der Waals surface area contributed by atoms with E-state index in [1.165, 1.54) is 21.2 Å². The molecule has 0 amide bonds. The van der Waals surface area contributed by atoms with Crippen molar-refractivity contribution in [1.82, 2.24) is 0 Å². The molecule has 0 aliphatic carbocycles. The molecule has 20 heavy (non-hydrogen) atoms. The molecule has 0 fully saturated rings. The van der Waals surface area contributed by atoms with Gasteiger partial charge >= 0.3 is 0 Å². The average Bonchev–Trinajstić information content (AvgIpc) is 3.10. The van der Waals surface area contributed by atoms with Gasteiger partial charge in [0.1, 0.15) is 11.9 Å². The third-order valence-electron chi connectivity index (χ3n) is 3.81. The predicted molar refractivity (Wildman–Crippen MR) is 88.1 cm³/mol. The van der Waals surface area contributed by atoms with Gasteiger partial charge in [-0.3, -0.25) is 0 Å². The third kappa shape index (κ3) is 1.97. The summed E-state index contributed by atoms with van der Waals surface area (Å²) in [6, 6.07) is 16.9. The van der Waals surface area contributed by atoms with Crippen LogP contribution in [0.3, 0.4) is 0 Å². The zero-order valence-corrected chi connectivity index (χ0v) is 13.2. The second kappa shape index (κ2) is 4.90. The quantitative estimate of drug-likeness (QED) is 0.570. The van der Waals surface area contributed by atoms with Crippen molar-refractivity contribution in [1.29, 1.82) is 0 Å². The summed E-state index contributed by atoms with van der Waals surface area (Å²) in [5, 5.41) is 3.58. The van der Waals surface area contributed by atoms with E-state index in [0.29, 0.717) is 0 Å². The van der Waals surface area contributed by atoms with Crippen molar-refractivity contribution in [3.8, 4) is 5.75 Å². The van der Waals surface area contributed by atoms with Crippen LogP contribution < -0.4 is 4.74 Å². The summed E-state index contributed by atoms with van der Waals surface area (Å²) < 4.78 is 7.43. The van der Waals surface area contributed by atoms with Crippen molar-refractivity contribution >= 4 is 37.4 Å². The highest BCUT2D eigenvalue weighted by Gasteiger charge is 2.30. The van der Waals surface area contributed by atoms with Gasteiger partial charge in [-0.05, 0) is 34.0 Å². The van der Waals surface area contributed by atoms with E-state index in [0.717, 1.165) is 12.2 Å². The lowest BCUT2D eigenvalue weighted by Crippen LogP contribution is -2.18. The number of para-hydroxylation sites is 1. The summed E-state index contributed by atoms with van der Waals surface area (Å²) in [7, 11) is 0. The Morgan fingerprint density at radius 1 is 1.10 bits per heavy atom. The first-order valence-corrected chi connectivity index (χ1v) is 8.47. The van der Waals surface area contributed by atoms with Gasteiger partial charge in [0.25, 0.3) is 0 Å². The van der Waals surface area contributed by atoms with Gasteiger partial charge in [-0.2, -0.15) is 0 Å². The maximum Gasteiger partial charge on any atom is 0.123 e. The SMILES string of the molecule is BrC(c1csc2ccccc12)C1Cc2ccccc2O1. The predicted octanol–water partition coefficient (Wildman–Crippen LogP) is 5.34. The highest BCUT2D eigenvalue weighted by atomic mass is 79.9. The van der Waals surface area contributed by atoms with Crippen LogP contribution in [0.5, 0.6) is 5.75 Å². The number of rotatable bonds is 2. The monoisotopic (exact) mass is 344 g/mol. The van der Waals surface area contributed by atoms with Crippen LogP contribution in [-0.2, 0) is 6.42 Å². The maximum atomic E-state index is 6.10. The Kier molecular flexibility index (Phi) is 3.04. The molecule has 0 radical (unpaired) electrons. The number of hydrogen-bond acceptors (Lipinski definition) is 2. The Bertz CT molecular complexity index is 739. The molecule has 1 nitrogen and oxygen atoms in total. The van der Waals surface area contributed by atoms with Gasteiger partial charge in [-0.25, -0.2) is 0 Å². The molecule has 0 saturated heterocycles. The van der Waals surface area contributed by atoms with E-state index in [4.69, 9.17) is 4.74 Å². The molecule has 1 aliphatic heterocycles. The van der Waals surface area contributed by atoms with Gasteiger partial charge in [0.2, 0.25) is 0 Å². The average molecular weight is 345 g/mol. The molecule has 1 aromatic heterocycles. The van der Waals surface area contributed by atoms with E-state index in [1.54, 1.807) is 11.3 Å². The Balaban J connectivity index is 1.67. The van der Waals surface area contributed by atoms with Crippen LogP contribution in [0.1, 0.15) is 16.0 Å². The number of alkyl halides is 1. The minimum Gasteiger partial charge on any atom is -0.488 e. The van der Waals surface area contributed by atoms with Crippen LogP contribution >= 0.6 is 27.3 Å². The van der Waals surface area contributed by atoms with Crippen molar-refractivity contribution in [3.63, 3.8) is 0 Å². The number of ether oxygens (including phenoxy) is 1. The summed E-state index contributed by atoms with van der Waals surface area (Å²) in [4.78, 5) is 0.228. The fraction of sp³-hybridized carbons (Fsp3) is 0.176. The van der Waals surface area contributed by atoms with E-state index in [1.807, 2.05) is 6.07 Å². The lowest BCUT2D eigenvalue weighted by Gasteiger charge is -2.17. The van der Waals surface area contributed by atoms with Crippen LogP contribution in [0.15, 0.2) is 53.9 Å². The zero-order valence-electron chi connectivity index (χ0n) is 10.8. The topological polar surface area (TPSA) is 9.23 Å². The van der Waals surface area contributed by atoms with Gasteiger partial charge in [0, 0.05) is 11.1 Å². The summed E-state index contributed by atoms with van der Waals surface area (Å²) in [5.74, 6) is 1.03. The first-order chi connectivity index (χ1) is 9.83. The molecule has 3 aromatic rings. The summed E-state index contributed by atoms with van der Waals surface area (Å²) in [5.41, 5.74) is 2.64. The Hall–Kier alpha value is -1.32. The molecule has 4 rings (SSSR count). The highest BCUT2D eigenvalue weighted by molar-refractivity contribution is 9.09. The van der Waals surface area contributed by atoms with Gasteiger partial charge in [0.05, 0.1) is 4.83 Å². The van der Waals surface area contributed by atoms with E-state index in [-0.39, 0.29) is 10.9 Å². The van der Waals surface area contributed by atoms with Crippen molar-refractivity contribution in [3.05, 3.63) is 65.0 Å². The van der Waals surface area contributed by atoms with Gasteiger partial charge in [-0.1, -0.05) is 52.3 Å². The summed E-state index contributed by atoms with van der Waals surface area (Å²) in [6.07, 6.45) is 1.14. The van der Waals surface area contributed by atoms with Gasteiger partial charge < -0.3 is 4.74 Å². The summed E-state index contributed by atoms with van der Waals surface area (Å²) >= 11 is 5.65. The van der Waals surface area contributed by atoms with Gasteiger partial charge in [0.15, 0.2) is 0 Å². The molecular formula is C17H13BrOS. The molecule has 2 unspecified atom stereocenters. The van der Waals surface area contributed by atoms with Gasteiger partial charge in [-0.15, -0.1) is 11.3 Å². The van der Waals surface area contributed by atoms with Crippen molar-refractivity contribution in [2.24, 2.45) is 0 Å². The van der Waals surface area contributed by atoms with E-state index in [9.17, 15) is 0 Å². The number of thiophene rings is 1. The van der Waals surface area contributed by atoms with Crippen molar-refractivity contribution < 1.29 is 4.74 Å². The van der Waals surface area contributed by atoms with Crippen LogP contribution in [0.4, 0.5) is 0 Å². The number of benzene rings is 2. The number of fused-ring (bicyclic) bond motifs is 2. The lowest BCUT2D eigenvalue weighted by atomic mass is 10.0. The molecule has 0 saturated carbocycles. The van der Waals surface area contributed by atoms with E-state index >= 15 is 0 Å². The van der Waals surface area contributed by atoms with E-state index in [2.05, 4.69) is 63.8 Å². The second-order valence-electron chi connectivity index (χ2n) is 5.06. The van der Waals surface area contributed by atoms with Crippen LogP contribution in [0, 0.1) is 0 Å². The Morgan fingerprint density at radius 2 is 1.90 bits per heavy atom. The normalized spacial score (nSPS) is 18.8. The standard InChI is InChI=1S/C17H13BrOS/c18-17(13-10-20-16-8-4-2-6-12(13)16)15-9-11-5-1-3-7-14(11)19-15/h1-8,10,15,17H,9H2. The number of halogens is 1. The fourth-order valence-corrected chi connectivity index (χ4v) is 4.63. The lowest BCUT2D eigenvalue weighted by molar-refractivity contribution is 0.232. The molecule has 0 N–H and O–H groups in total. The molecule has 0 bridgehead atoms. The molecule has 1 aliphatic rings. The largest absolute Gasteiger partial charge is 0.488 e. The fourth-order valence-electron chi connectivity index (χ4n) is 2.78. The highest BCUT2D eigenvalue weighted by Crippen LogP contribution is 2.42. The minimum absolute atomic E-state index is 0.172. The summed E-state index contributed by atoms with van der Waals surface area (Å²) in [6.45, 7) is 0. The number of hydrogen-bond donors (Lipinski definition) is 0. The molecule has 2 atom stereocenters. The smallest absolute Gasteiger partial charge is 0.123 e. The molecule has 2 aromatic carbocycles. The molecule has 0 spiro atoms. The van der Waals surface area contributed by atoms with Crippen molar-refractivity contribution in [2.75, 3.05) is 0 Å². The van der Waals surface area contributed by atoms with Crippen LogP contribution in [0.2, 0.25) is 0 Å². The van der Waals surface area contributed by atoms with E-state index < -0.39 is 0 Å². The molecule has 3 heteroatoms. The molecule has 100 valence electrons. The Labute approximate surface area is 130 Å². The van der Waals surface area contributed by atoms with Crippen LogP contribution in [-0.4, -0.2) is 6.10 Å². The first kappa shape index (κ1) is 12.4. The Morgan fingerprint density at radius 3 is 2.80 bits per heavy atom. The zero-order chi connectivity index (χ0) is 13.5. The minimum atomic E-state index is 0.172. The molecule has 2 heterocycles. The first-order valence-electron chi connectivity index (χ1n) is 6.68.